The molecule has 88 valence electrons. The summed E-state index contributed by atoms with van der Waals surface area (Å²) >= 11 is 0. The fraction of sp³-hybridized carbons (Fsp3) is 1.00. The summed E-state index contributed by atoms with van der Waals surface area (Å²) in [6, 6.07) is 0.0661. The zero-order valence-corrected chi connectivity index (χ0v) is 9.55. The van der Waals surface area contributed by atoms with Gasteiger partial charge in [0.15, 0.2) is 0 Å². The highest BCUT2D eigenvalue weighted by molar-refractivity contribution is 7.89. The summed E-state index contributed by atoms with van der Waals surface area (Å²) in [7, 11) is -3.16. The Labute approximate surface area is 90.6 Å². The van der Waals surface area contributed by atoms with E-state index in [2.05, 4.69) is 10.0 Å². The standard InChI is InChI=1S/C9H18N2O3S/c12-15(13,7-9-2-1-5-14-9)11-8-3-4-10-6-8/h8-11H,1-7H2/t8-,9?/m1/s1. The average molecular weight is 234 g/mol. The fourth-order valence-corrected chi connectivity index (χ4v) is 3.64. The first-order chi connectivity index (χ1) is 7.16. The molecule has 2 aliphatic rings. The van der Waals surface area contributed by atoms with E-state index in [0.29, 0.717) is 6.61 Å². The minimum atomic E-state index is -3.16. The summed E-state index contributed by atoms with van der Waals surface area (Å²) in [5.41, 5.74) is 0. The lowest BCUT2D eigenvalue weighted by Crippen LogP contribution is -2.40. The van der Waals surface area contributed by atoms with Gasteiger partial charge in [-0.1, -0.05) is 0 Å². The lowest BCUT2D eigenvalue weighted by Gasteiger charge is -2.14. The van der Waals surface area contributed by atoms with E-state index in [1.54, 1.807) is 0 Å². The molecule has 0 aliphatic carbocycles. The van der Waals surface area contributed by atoms with Crippen molar-refractivity contribution >= 4 is 10.0 Å². The van der Waals surface area contributed by atoms with Crippen LogP contribution in [0.25, 0.3) is 0 Å². The maximum absolute atomic E-state index is 11.7. The Hall–Kier alpha value is -0.170. The zero-order valence-electron chi connectivity index (χ0n) is 8.74. The van der Waals surface area contributed by atoms with Gasteiger partial charge < -0.3 is 10.1 Å². The molecular weight excluding hydrogens is 216 g/mol. The van der Waals surface area contributed by atoms with Crippen molar-refractivity contribution in [3.05, 3.63) is 0 Å². The van der Waals surface area contributed by atoms with E-state index in [9.17, 15) is 8.42 Å². The van der Waals surface area contributed by atoms with Crippen molar-refractivity contribution < 1.29 is 13.2 Å². The van der Waals surface area contributed by atoms with Crippen LogP contribution in [0.3, 0.4) is 0 Å². The lowest BCUT2D eigenvalue weighted by molar-refractivity contribution is 0.127. The first-order valence-electron chi connectivity index (χ1n) is 5.48. The molecule has 2 fully saturated rings. The summed E-state index contributed by atoms with van der Waals surface area (Å²) in [6.07, 6.45) is 2.62. The van der Waals surface area contributed by atoms with E-state index < -0.39 is 10.0 Å². The summed E-state index contributed by atoms with van der Waals surface area (Å²) < 4.78 is 31.5. The highest BCUT2D eigenvalue weighted by atomic mass is 32.2. The molecule has 2 rings (SSSR count). The van der Waals surface area contributed by atoms with Gasteiger partial charge in [0.05, 0.1) is 11.9 Å². The van der Waals surface area contributed by atoms with Crippen molar-refractivity contribution in [3.63, 3.8) is 0 Å². The van der Waals surface area contributed by atoms with Crippen molar-refractivity contribution in [3.8, 4) is 0 Å². The molecule has 0 radical (unpaired) electrons. The first-order valence-corrected chi connectivity index (χ1v) is 7.13. The van der Waals surface area contributed by atoms with Crippen molar-refractivity contribution in [1.82, 2.24) is 10.0 Å². The van der Waals surface area contributed by atoms with Gasteiger partial charge >= 0.3 is 0 Å². The second-order valence-corrected chi connectivity index (χ2v) is 6.02. The summed E-state index contributed by atoms with van der Waals surface area (Å²) in [5, 5.41) is 3.13. The molecule has 0 aromatic carbocycles. The van der Waals surface area contributed by atoms with Gasteiger partial charge in [0, 0.05) is 19.2 Å². The fourth-order valence-electron chi connectivity index (χ4n) is 2.08. The molecule has 2 atom stereocenters. The number of hydrogen-bond donors (Lipinski definition) is 2. The third kappa shape index (κ3) is 3.41. The van der Waals surface area contributed by atoms with Gasteiger partial charge in [0.25, 0.3) is 0 Å². The van der Waals surface area contributed by atoms with E-state index in [1.807, 2.05) is 0 Å². The Morgan fingerprint density at radius 3 is 2.87 bits per heavy atom. The lowest BCUT2D eigenvalue weighted by atomic mass is 10.3. The molecule has 0 aromatic heterocycles. The number of nitrogens with one attached hydrogen (secondary N) is 2. The van der Waals surface area contributed by atoms with Crippen LogP contribution < -0.4 is 10.0 Å². The highest BCUT2D eigenvalue weighted by Crippen LogP contribution is 2.14. The van der Waals surface area contributed by atoms with Gasteiger partial charge in [-0.3, -0.25) is 0 Å². The Morgan fingerprint density at radius 1 is 1.40 bits per heavy atom. The number of ether oxygens (including phenoxy) is 1. The largest absolute Gasteiger partial charge is 0.377 e. The zero-order chi connectivity index (χ0) is 10.7. The molecule has 2 saturated heterocycles. The summed E-state index contributed by atoms with van der Waals surface area (Å²) in [4.78, 5) is 0. The van der Waals surface area contributed by atoms with E-state index in [4.69, 9.17) is 4.74 Å². The average Bonchev–Trinajstić information content (AvgIpc) is 2.75. The predicted molar refractivity (Wildman–Crippen MR) is 57.2 cm³/mol. The van der Waals surface area contributed by atoms with Crippen LogP contribution in [0.15, 0.2) is 0 Å². The molecule has 1 unspecified atom stereocenters. The third-order valence-corrected chi connectivity index (χ3v) is 4.34. The van der Waals surface area contributed by atoms with Crippen LogP contribution in [-0.4, -0.2) is 46.0 Å². The second-order valence-electron chi connectivity index (χ2n) is 4.22. The molecule has 2 heterocycles. The Bertz CT molecular complexity index is 268. The van der Waals surface area contributed by atoms with Gasteiger partial charge in [-0.05, 0) is 25.8 Å². The Kier molecular flexibility index (Phi) is 3.60. The van der Waals surface area contributed by atoms with Gasteiger partial charge in [-0.15, -0.1) is 0 Å². The van der Waals surface area contributed by atoms with E-state index in [-0.39, 0.29) is 17.9 Å². The molecular formula is C9H18N2O3S. The molecule has 2 N–H and O–H groups in total. The molecule has 2 aliphatic heterocycles. The predicted octanol–water partition coefficient (Wildman–Crippen LogP) is -0.553. The first kappa shape index (κ1) is 11.3. The van der Waals surface area contributed by atoms with Crippen LogP contribution >= 0.6 is 0 Å². The summed E-state index contributed by atoms with van der Waals surface area (Å²) in [6.45, 7) is 2.34. The Morgan fingerprint density at radius 2 is 2.27 bits per heavy atom. The van der Waals surface area contributed by atoms with Gasteiger partial charge in [-0.2, -0.15) is 0 Å². The molecule has 15 heavy (non-hydrogen) atoms. The van der Waals surface area contributed by atoms with Crippen molar-refractivity contribution in [2.24, 2.45) is 0 Å². The SMILES string of the molecule is O=S(=O)(CC1CCCO1)N[C@@H]1CCNC1. The molecule has 0 amide bonds. The van der Waals surface area contributed by atoms with Crippen LogP contribution in [0.2, 0.25) is 0 Å². The van der Waals surface area contributed by atoms with Crippen molar-refractivity contribution in [1.29, 1.82) is 0 Å². The minimum Gasteiger partial charge on any atom is -0.377 e. The molecule has 0 bridgehead atoms. The van der Waals surface area contributed by atoms with Gasteiger partial charge in [-0.25, -0.2) is 13.1 Å². The van der Waals surface area contributed by atoms with Crippen LogP contribution in [-0.2, 0) is 14.8 Å². The van der Waals surface area contributed by atoms with Gasteiger partial charge in [0.1, 0.15) is 0 Å². The molecule has 0 spiro atoms. The van der Waals surface area contributed by atoms with Crippen LogP contribution in [0.1, 0.15) is 19.3 Å². The number of rotatable bonds is 4. The van der Waals surface area contributed by atoms with E-state index >= 15 is 0 Å². The van der Waals surface area contributed by atoms with Crippen LogP contribution in [0, 0.1) is 0 Å². The number of sulfonamides is 1. The number of hydrogen-bond acceptors (Lipinski definition) is 4. The van der Waals surface area contributed by atoms with Crippen molar-refractivity contribution in [2.75, 3.05) is 25.4 Å². The smallest absolute Gasteiger partial charge is 0.214 e. The minimum absolute atomic E-state index is 0.0661. The van der Waals surface area contributed by atoms with Crippen molar-refractivity contribution in [2.45, 2.75) is 31.4 Å². The van der Waals surface area contributed by atoms with E-state index in [0.717, 1.165) is 32.4 Å². The molecule has 0 aromatic rings. The van der Waals surface area contributed by atoms with Gasteiger partial charge in [0.2, 0.25) is 10.0 Å². The monoisotopic (exact) mass is 234 g/mol. The third-order valence-electron chi connectivity index (χ3n) is 2.84. The maximum Gasteiger partial charge on any atom is 0.214 e. The van der Waals surface area contributed by atoms with Crippen LogP contribution in [0.4, 0.5) is 0 Å². The second kappa shape index (κ2) is 4.78. The maximum atomic E-state index is 11.7. The molecule has 0 saturated carbocycles. The quantitative estimate of drug-likeness (QED) is 0.685. The topological polar surface area (TPSA) is 67.4 Å². The van der Waals surface area contributed by atoms with E-state index in [1.165, 1.54) is 0 Å². The molecule has 5 nitrogen and oxygen atoms in total. The normalized spacial score (nSPS) is 32.3. The Balaban J connectivity index is 1.82. The van der Waals surface area contributed by atoms with Crippen LogP contribution in [0.5, 0.6) is 0 Å². The molecule has 6 heteroatoms. The highest BCUT2D eigenvalue weighted by Gasteiger charge is 2.26. The summed E-state index contributed by atoms with van der Waals surface area (Å²) in [5.74, 6) is 0.115.